The van der Waals surface area contributed by atoms with E-state index in [1.54, 1.807) is 0 Å². The van der Waals surface area contributed by atoms with Crippen LogP contribution in [-0.2, 0) is 19.1 Å². The molecule has 0 aromatic carbocycles. The topological polar surface area (TPSA) is 72.8 Å². The summed E-state index contributed by atoms with van der Waals surface area (Å²) in [5.74, 6) is -1.77. The largest absolute Gasteiger partial charge is 0.478 e. The molecule has 0 radical (unpaired) electrons. The van der Waals surface area contributed by atoms with E-state index in [4.69, 9.17) is 9.84 Å². The van der Waals surface area contributed by atoms with Crippen molar-refractivity contribution in [2.45, 2.75) is 27.2 Å². The lowest BCUT2D eigenvalue weighted by Gasteiger charge is -1.95. The van der Waals surface area contributed by atoms with Crippen molar-refractivity contribution in [3.05, 3.63) is 12.2 Å². The molecule has 0 aliphatic heterocycles. The number of ether oxygens (including phenoxy) is 2. The second-order valence-electron chi connectivity index (χ2n) is 2.62. The molecule has 0 atom stereocenters. The first-order valence-electron chi connectivity index (χ1n) is 5.23. The fourth-order valence-corrected chi connectivity index (χ4v) is 0.594. The molecule has 5 nitrogen and oxygen atoms in total. The molecule has 0 aliphatic carbocycles. The molecule has 0 unspecified atom stereocenters. The second-order valence-corrected chi connectivity index (χ2v) is 2.62. The number of hydrogen-bond acceptors (Lipinski definition) is 4. The molecule has 0 aromatic rings. The number of hydrogen-bond donors (Lipinski definition) is 1. The lowest BCUT2D eigenvalue weighted by atomic mass is 10.5. The third kappa shape index (κ3) is 18.4. The zero-order valence-electron chi connectivity index (χ0n) is 10.1. The summed E-state index contributed by atoms with van der Waals surface area (Å²) in [6.45, 7) is 7.84. The molecule has 0 saturated heterocycles. The van der Waals surface area contributed by atoms with E-state index in [1.807, 2.05) is 20.8 Å². The maximum absolute atomic E-state index is 10.5. The Hall–Kier alpha value is -1.36. The molecule has 0 heterocycles. The average Bonchev–Trinajstić information content (AvgIpc) is 2.25. The quantitative estimate of drug-likeness (QED) is 0.556. The van der Waals surface area contributed by atoms with E-state index in [0.29, 0.717) is 6.61 Å². The Morgan fingerprint density at radius 2 is 1.69 bits per heavy atom. The molecule has 0 amide bonds. The van der Waals surface area contributed by atoms with Gasteiger partial charge in [0.1, 0.15) is 0 Å². The number of rotatable bonds is 6. The van der Waals surface area contributed by atoms with Gasteiger partial charge in [-0.05, 0) is 20.3 Å². The molecular weight excluding hydrogens is 212 g/mol. The molecule has 5 heteroatoms. The van der Waals surface area contributed by atoms with Crippen molar-refractivity contribution in [3.63, 3.8) is 0 Å². The lowest BCUT2D eigenvalue weighted by molar-refractivity contribution is -0.138. The first-order valence-corrected chi connectivity index (χ1v) is 5.23. The third-order valence-electron chi connectivity index (χ3n) is 1.22. The number of carbonyl (C=O) groups is 2. The van der Waals surface area contributed by atoms with Gasteiger partial charge in [-0.1, -0.05) is 6.92 Å². The maximum Gasteiger partial charge on any atom is 0.331 e. The summed E-state index contributed by atoms with van der Waals surface area (Å²) in [5.41, 5.74) is 0. The SMILES string of the molecule is CCCOC(=O)/C=C\C(=O)O.CCOCC. The van der Waals surface area contributed by atoms with Gasteiger partial charge in [0.2, 0.25) is 0 Å². The Kier molecular flexibility index (Phi) is 14.5. The van der Waals surface area contributed by atoms with Crippen molar-refractivity contribution >= 4 is 11.9 Å². The van der Waals surface area contributed by atoms with Gasteiger partial charge in [0.25, 0.3) is 0 Å². The number of carboxylic acids is 1. The predicted octanol–water partition coefficient (Wildman–Crippen LogP) is 1.62. The van der Waals surface area contributed by atoms with Crippen LogP contribution in [-0.4, -0.2) is 36.9 Å². The molecule has 0 aromatic heterocycles. The van der Waals surface area contributed by atoms with E-state index in [0.717, 1.165) is 31.8 Å². The van der Waals surface area contributed by atoms with Crippen LogP contribution in [0.25, 0.3) is 0 Å². The highest BCUT2D eigenvalue weighted by atomic mass is 16.5. The summed E-state index contributed by atoms with van der Waals surface area (Å²) in [5, 5.41) is 8.09. The van der Waals surface area contributed by atoms with Gasteiger partial charge in [-0.25, -0.2) is 9.59 Å². The molecule has 16 heavy (non-hydrogen) atoms. The third-order valence-corrected chi connectivity index (χ3v) is 1.22. The average molecular weight is 232 g/mol. The standard InChI is InChI=1S/C7H10O4.C4H10O/c1-2-5-11-7(10)4-3-6(8)9;1-3-5-4-2/h3-4H,2,5H2,1H3,(H,8,9);3-4H2,1-2H3/b4-3-;. The summed E-state index contributed by atoms with van der Waals surface area (Å²) in [6, 6.07) is 0. The number of carboxylic acid groups (broad SMARTS) is 1. The Balaban J connectivity index is 0. The van der Waals surface area contributed by atoms with Crippen LogP contribution in [0, 0.1) is 0 Å². The Morgan fingerprint density at radius 3 is 2.00 bits per heavy atom. The van der Waals surface area contributed by atoms with Gasteiger partial charge >= 0.3 is 11.9 Å². The fourth-order valence-electron chi connectivity index (χ4n) is 0.594. The van der Waals surface area contributed by atoms with Crippen LogP contribution in [0.15, 0.2) is 12.2 Å². The predicted molar refractivity (Wildman–Crippen MR) is 60.2 cm³/mol. The van der Waals surface area contributed by atoms with Crippen molar-refractivity contribution in [1.82, 2.24) is 0 Å². The molecular formula is C11H20O5. The Morgan fingerprint density at radius 1 is 1.12 bits per heavy atom. The fraction of sp³-hybridized carbons (Fsp3) is 0.636. The van der Waals surface area contributed by atoms with Gasteiger partial charge in [0, 0.05) is 25.4 Å². The summed E-state index contributed by atoms with van der Waals surface area (Å²) in [7, 11) is 0. The van der Waals surface area contributed by atoms with Crippen molar-refractivity contribution < 1.29 is 24.2 Å². The Labute approximate surface area is 96.0 Å². The van der Waals surface area contributed by atoms with Crippen LogP contribution in [0.5, 0.6) is 0 Å². The summed E-state index contributed by atoms with van der Waals surface area (Å²) < 4.78 is 9.39. The van der Waals surface area contributed by atoms with Gasteiger partial charge in [-0.2, -0.15) is 0 Å². The normalized spacial score (nSPS) is 9.44. The summed E-state index contributed by atoms with van der Waals surface area (Å²) in [6.07, 6.45) is 2.36. The van der Waals surface area contributed by atoms with E-state index in [1.165, 1.54) is 0 Å². The van der Waals surface area contributed by atoms with Crippen molar-refractivity contribution in [3.8, 4) is 0 Å². The zero-order chi connectivity index (χ0) is 12.8. The number of carbonyl (C=O) groups excluding carboxylic acids is 1. The first kappa shape index (κ1) is 17.0. The van der Waals surface area contributed by atoms with Crippen LogP contribution in [0.2, 0.25) is 0 Å². The highest BCUT2D eigenvalue weighted by molar-refractivity contribution is 5.90. The van der Waals surface area contributed by atoms with Gasteiger partial charge in [0.05, 0.1) is 6.61 Å². The second kappa shape index (κ2) is 13.6. The minimum atomic E-state index is -1.15. The Bertz CT molecular complexity index is 208. The van der Waals surface area contributed by atoms with E-state index in [-0.39, 0.29) is 0 Å². The summed E-state index contributed by atoms with van der Waals surface area (Å²) >= 11 is 0. The number of aliphatic carboxylic acids is 1. The van der Waals surface area contributed by atoms with E-state index < -0.39 is 11.9 Å². The van der Waals surface area contributed by atoms with Crippen molar-refractivity contribution in [2.75, 3.05) is 19.8 Å². The molecule has 0 saturated carbocycles. The minimum absolute atomic E-state index is 0.322. The van der Waals surface area contributed by atoms with Crippen LogP contribution in [0.4, 0.5) is 0 Å². The van der Waals surface area contributed by atoms with Crippen LogP contribution >= 0.6 is 0 Å². The molecule has 1 N–H and O–H groups in total. The lowest BCUT2D eigenvalue weighted by Crippen LogP contribution is -2.02. The van der Waals surface area contributed by atoms with E-state index >= 15 is 0 Å². The van der Waals surface area contributed by atoms with Crippen molar-refractivity contribution in [1.29, 1.82) is 0 Å². The minimum Gasteiger partial charge on any atom is -0.478 e. The molecule has 0 fully saturated rings. The molecule has 0 aliphatic rings. The van der Waals surface area contributed by atoms with Gasteiger partial charge < -0.3 is 14.6 Å². The zero-order valence-corrected chi connectivity index (χ0v) is 10.1. The molecule has 94 valence electrons. The monoisotopic (exact) mass is 232 g/mol. The molecule has 0 spiro atoms. The summed E-state index contributed by atoms with van der Waals surface area (Å²) in [4.78, 5) is 20.4. The van der Waals surface area contributed by atoms with Gasteiger partial charge in [0.15, 0.2) is 0 Å². The van der Waals surface area contributed by atoms with Crippen LogP contribution in [0.1, 0.15) is 27.2 Å². The maximum atomic E-state index is 10.5. The first-order chi connectivity index (χ1) is 7.58. The van der Waals surface area contributed by atoms with Gasteiger partial charge in [-0.3, -0.25) is 0 Å². The van der Waals surface area contributed by atoms with Crippen LogP contribution in [0.3, 0.4) is 0 Å². The highest BCUT2D eigenvalue weighted by Crippen LogP contribution is 1.84. The number of esters is 1. The van der Waals surface area contributed by atoms with Crippen LogP contribution < -0.4 is 0 Å². The molecule has 0 bridgehead atoms. The highest BCUT2D eigenvalue weighted by Gasteiger charge is 1.95. The smallest absolute Gasteiger partial charge is 0.331 e. The van der Waals surface area contributed by atoms with E-state index in [2.05, 4.69) is 4.74 Å². The van der Waals surface area contributed by atoms with Gasteiger partial charge in [-0.15, -0.1) is 0 Å². The van der Waals surface area contributed by atoms with Crippen molar-refractivity contribution in [2.24, 2.45) is 0 Å². The van der Waals surface area contributed by atoms with E-state index in [9.17, 15) is 9.59 Å². The molecule has 0 rings (SSSR count).